The lowest BCUT2D eigenvalue weighted by atomic mass is 9.93. The average molecular weight is 366 g/mol. The maximum absolute atomic E-state index is 12.1. The molecule has 2 heterocycles. The molecule has 1 saturated carbocycles. The number of aromatic nitrogens is 3. The van der Waals surface area contributed by atoms with Gasteiger partial charge in [0.25, 0.3) is 0 Å². The van der Waals surface area contributed by atoms with E-state index < -0.39 is 0 Å². The van der Waals surface area contributed by atoms with Gasteiger partial charge in [-0.15, -0.1) is 0 Å². The summed E-state index contributed by atoms with van der Waals surface area (Å²) in [5, 5.41) is 13.8. The van der Waals surface area contributed by atoms with Gasteiger partial charge in [-0.05, 0) is 37.8 Å². The monoisotopic (exact) mass is 366 g/mol. The molecule has 2 N–H and O–H groups in total. The number of anilines is 1. The zero-order valence-electron chi connectivity index (χ0n) is 15.1. The molecular formula is C20H22N4O3. The number of carbonyl (C=O) groups is 1. The Kier molecular flexibility index (Phi) is 4.77. The highest BCUT2D eigenvalue weighted by atomic mass is 16.5. The lowest BCUT2D eigenvalue weighted by Crippen LogP contribution is -2.29. The summed E-state index contributed by atoms with van der Waals surface area (Å²) in [4.78, 5) is 21.1. The highest BCUT2D eigenvalue weighted by molar-refractivity contribution is 6.04. The Morgan fingerprint density at radius 3 is 2.78 bits per heavy atom. The number of esters is 1. The first-order valence-corrected chi connectivity index (χ1v) is 9.12. The molecule has 7 nitrogen and oxygen atoms in total. The molecule has 1 aromatic carbocycles. The highest BCUT2D eigenvalue weighted by Crippen LogP contribution is 2.26. The Hall–Kier alpha value is -2.93. The standard InChI is InChI=1S/C20H22N4O3/c1-27-19(26)16-12-24(17-5-3-2-4-15(16)17)18-10-11-21-20(23-18)22-13-6-8-14(25)9-7-13/h2-5,10-14,25H,6-9H2,1H3,(H,21,22,23). The van der Waals surface area contributed by atoms with Crippen LogP contribution in [0, 0.1) is 0 Å². The number of methoxy groups -OCH3 is 1. The van der Waals surface area contributed by atoms with Crippen molar-refractivity contribution in [1.29, 1.82) is 0 Å². The lowest BCUT2D eigenvalue weighted by Gasteiger charge is -2.26. The van der Waals surface area contributed by atoms with Crippen molar-refractivity contribution >= 4 is 22.8 Å². The molecule has 27 heavy (non-hydrogen) atoms. The topological polar surface area (TPSA) is 89.3 Å². The Balaban J connectivity index is 1.67. The number of hydrogen-bond acceptors (Lipinski definition) is 6. The molecule has 1 aliphatic carbocycles. The minimum atomic E-state index is -0.377. The van der Waals surface area contributed by atoms with Crippen LogP contribution >= 0.6 is 0 Å². The molecule has 0 amide bonds. The summed E-state index contributed by atoms with van der Waals surface area (Å²) in [7, 11) is 1.38. The number of aliphatic hydroxyl groups is 1. The summed E-state index contributed by atoms with van der Waals surface area (Å²) >= 11 is 0. The SMILES string of the molecule is COC(=O)c1cn(-c2ccnc(NC3CCC(O)CC3)n2)c2ccccc12. The van der Waals surface area contributed by atoms with Gasteiger partial charge in [-0.1, -0.05) is 18.2 Å². The van der Waals surface area contributed by atoms with Crippen LogP contribution in [0.3, 0.4) is 0 Å². The van der Waals surface area contributed by atoms with Crippen LogP contribution in [0.15, 0.2) is 42.7 Å². The first-order chi connectivity index (χ1) is 13.2. The molecule has 2 aromatic heterocycles. The second-order valence-corrected chi connectivity index (χ2v) is 6.81. The number of carbonyl (C=O) groups excluding carboxylic acids is 1. The minimum Gasteiger partial charge on any atom is -0.465 e. The van der Waals surface area contributed by atoms with Crippen LogP contribution in [-0.2, 0) is 4.74 Å². The van der Waals surface area contributed by atoms with Crippen molar-refractivity contribution in [2.45, 2.75) is 37.8 Å². The third kappa shape index (κ3) is 3.50. The fraction of sp³-hybridized carbons (Fsp3) is 0.350. The van der Waals surface area contributed by atoms with Gasteiger partial charge in [0.05, 0.1) is 24.3 Å². The van der Waals surface area contributed by atoms with Crippen molar-refractivity contribution in [1.82, 2.24) is 14.5 Å². The number of nitrogens with zero attached hydrogens (tertiary/aromatic N) is 3. The first kappa shape index (κ1) is 17.5. The predicted octanol–water partition coefficient (Wildman–Crippen LogP) is 2.92. The van der Waals surface area contributed by atoms with E-state index in [2.05, 4.69) is 15.3 Å². The molecule has 0 bridgehead atoms. The molecule has 0 aliphatic heterocycles. The van der Waals surface area contributed by atoms with E-state index in [4.69, 9.17) is 4.74 Å². The Morgan fingerprint density at radius 2 is 2.00 bits per heavy atom. The van der Waals surface area contributed by atoms with E-state index in [-0.39, 0.29) is 18.1 Å². The first-order valence-electron chi connectivity index (χ1n) is 9.12. The molecule has 3 aromatic rings. The van der Waals surface area contributed by atoms with E-state index in [1.54, 1.807) is 12.4 Å². The number of ether oxygens (including phenoxy) is 1. The lowest BCUT2D eigenvalue weighted by molar-refractivity contribution is 0.0603. The molecule has 140 valence electrons. The zero-order valence-corrected chi connectivity index (χ0v) is 15.1. The number of nitrogens with one attached hydrogen (secondary N) is 1. The smallest absolute Gasteiger partial charge is 0.340 e. The third-order valence-corrected chi connectivity index (χ3v) is 5.03. The maximum atomic E-state index is 12.1. The number of para-hydroxylation sites is 1. The van der Waals surface area contributed by atoms with E-state index in [0.29, 0.717) is 17.3 Å². The molecule has 4 rings (SSSR count). The van der Waals surface area contributed by atoms with Crippen molar-refractivity contribution in [3.63, 3.8) is 0 Å². The van der Waals surface area contributed by atoms with Gasteiger partial charge in [-0.25, -0.2) is 9.78 Å². The summed E-state index contributed by atoms with van der Waals surface area (Å²) in [6, 6.07) is 9.72. The van der Waals surface area contributed by atoms with E-state index in [0.717, 1.165) is 36.6 Å². The normalized spacial score (nSPS) is 19.8. The van der Waals surface area contributed by atoms with Gasteiger partial charge >= 0.3 is 5.97 Å². The summed E-state index contributed by atoms with van der Waals surface area (Å²) < 4.78 is 6.78. The predicted molar refractivity (Wildman–Crippen MR) is 102 cm³/mol. The van der Waals surface area contributed by atoms with Gasteiger partial charge in [-0.3, -0.25) is 0 Å². The highest BCUT2D eigenvalue weighted by Gasteiger charge is 2.20. The van der Waals surface area contributed by atoms with Crippen molar-refractivity contribution < 1.29 is 14.6 Å². The van der Waals surface area contributed by atoms with Crippen molar-refractivity contribution in [3.8, 4) is 5.82 Å². The number of fused-ring (bicyclic) bond motifs is 1. The van der Waals surface area contributed by atoms with Gasteiger partial charge in [0.1, 0.15) is 5.82 Å². The molecular weight excluding hydrogens is 344 g/mol. The summed E-state index contributed by atoms with van der Waals surface area (Å²) in [5.74, 6) is 0.846. The molecule has 7 heteroatoms. The molecule has 0 saturated heterocycles. The van der Waals surface area contributed by atoms with Gasteiger partial charge in [0, 0.05) is 23.8 Å². The van der Waals surface area contributed by atoms with Crippen LogP contribution in [0.25, 0.3) is 16.7 Å². The van der Waals surface area contributed by atoms with Gasteiger partial charge < -0.3 is 19.7 Å². The van der Waals surface area contributed by atoms with Crippen molar-refractivity contribution in [2.75, 3.05) is 12.4 Å². The number of benzene rings is 1. The molecule has 0 radical (unpaired) electrons. The Bertz CT molecular complexity index is 961. The van der Waals surface area contributed by atoms with Crippen molar-refractivity contribution in [3.05, 3.63) is 48.3 Å². The third-order valence-electron chi connectivity index (χ3n) is 5.03. The van der Waals surface area contributed by atoms with Crippen LogP contribution < -0.4 is 5.32 Å². The van der Waals surface area contributed by atoms with E-state index >= 15 is 0 Å². The zero-order chi connectivity index (χ0) is 18.8. The van der Waals surface area contributed by atoms with Crippen molar-refractivity contribution in [2.24, 2.45) is 0 Å². The average Bonchev–Trinajstić information content (AvgIpc) is 3.09. The Labute approximate surface area is 157 Å². The number of rotatable bonds is 4. The second-order valence-electron chi connectivity index (χ2n) is 6.81. The van der Waals surface area contributed by atoms with Crippen LogP contribution in [0.5, 0.6) is 0 Å². The summed E-state index contributed by atoms with van der Waals surface area (Å²) in [6.07, 6.45) is 6.64. The van der Waals surface area contributed by atoms with Crippen LogP contribution in [0.2, 0.25) is 0 Å². The largest absolute Gasteiger partial charge is 0.465 e. The summed E-state index contributed by atoms with van der Waals surface area (Å²) in [6.45, 7) is 0. The van der Waals surface area contributed by atoms with E-state index in [1.807, 2.05) is 34.9 Å². The summed E-state index contributed by atoms with van der Waals surface area (Å²) in [5.41, 5.74) is 1.38. The van der Waals surface area contributed by atoms with Gasteiger partial charge in [-0.2, -0.15) is 4.98 Å². The maximum Gasteiger partial charge on any atom is 0.340 e. The number of aliphatic hydroxyl groups excluding tert-OH is 1. The van der Waals surface area contributed by atoms with Crippen LogP contribution in [0.1, 0.15) is 36.0 Å². The van der Waals surface area contributed by atoms with Crippen LogP contribution in [0.4, 0.5) is 5.95 Å². The molecule has 0 atom stereocenters. The molecule has 0 unspecified atom stereocenters. The van der Waals surface area contributed by atoms with Gasteiger partial charge in [0.2, 0.25) is 5.95 Å². The number of hydrogen-bond donors (Lipinski definition) is 2. The van der Waals surface area contributed by atoms with Crippen LogP contribution in [-0.4, -0.2) is 44.9 Å². The fourth-order valence-corrected chi connectivity index (χ4v) is 3.60. The second kappa shape index (κ2) is 7.36. The molecule has 0 spiro atoms. The van der Waals surface area contributed by atoms with E-state index in [1.165, 1.54) is 7.11 Å². The quantitative estimate of drug-likeness (QED) is 0.690. The molecule has 1 fully saturated rings. The molecule has 1 aliphatic rings. The van der Waals surface area contributed by atoms with Gasteiger partial charge in [0.15, 0.2) is 0 Å². The minimum absolute atomic E-state index is 0.196. The van der Waals surface area contributed by atoms with E-state index in [9.17, 15) is 9.90 Å². The fourth-order valence-electron chi connectivity index (χ4n) is 3.60. The Morgan fingerprint density at radius 1 is 1.22 bits per heavy atom.